The summed E-state index contributed by atoms with van der Waals surface area (Å²) >= 11 is 0. The molecule has 0 aromatic carbocycles. The molecule has 0 fully saturated rings. The molecule has 0 saturated heterocycles. The van der Waals surface area contributed by atoms with Gasteiger partial charge in [0.15, 0.2) is 0 Å². The first-order chi connectivity index (χ1) is 5.98. The topological polar surface area (TPSA) is 29.1 Å². The van der Waals surface area contributed by atoms with Gasteiger partial charge in [0, 0.05) is 12.0 Å². The van der Waals surface area contributed by atoms with Gasteiger partial charge in [-0.3, -0.25) is 4.79 Å². The smallest absolute Gasteiger partial charge is 0.225 e. The monoisotopic (exact) mass is 189 g/mol. The molecule has 2 heteroatoms. The second-order valence-electron chi connectivity index (χ2n) is 3.11. The molecule has 0 aliphatic heterocycles. The van der Waals surface area contributed by atoms with Crippen molar-refractivity contribution in [3.63, 3.8) is 0 Å². The van der Waals surface area contributed by atoms with Gasteiger partial charge in [-0.25, -0.2) is 0 Å². The summed E-state index contributed by atoms with van der Waals surface area (Å²) < 4.78 is 0. The third kappa shape index (κ3) is 14.3. The van der Waals surface area contributed by atoms with Crippen molar-refractivity contribution >= 4 is 5.91 Å². The number of rotatable bonds is 1. The molecule has 1 N–H and O–H groups in total. The summed E-state index contributed by atoms with van der Waals surface area (Å²) in [4.78, 5) is 11.0. The molecule has 13 heavy (non-hydrogen) atoms. The van der Waals surface area contributed by atoms with Gasteiger partial charge in [0.05, 0.1) is 0 Å². The Morgan fingerprint density at radius 1 is 1.08 bits per heavy atom. The summed E-state index contributed by atoms with van der Waals surface area (Å²) in [6, 6.07) is 0. The normalized spacial score (nSPS) is 8.62. The molecule has 82 valence electrons. The molecule has 0 aliphatic rings. The van der Waals surface area contributed by atoms with Crippen molar-refractivity contribution in [2.24, 2.45) is 5.41 Å². The van der Waals surface area contributed by atoms with Crippen molar-refractivity contribution in [3.05, 3.63) is 0 Å². The highest BCUT2D eigenvalue weighted by atomic mass is 16.2. The second-order valence-corrected chi connectivity index (χ2v) is 3.11. The number of carbonyl (C=O) groups is 1. The van der Waals surface area contributed by atoms with Crippen LogP contribution in [0.4, 0.5) is 0 Å². The number of nitrogens with one attached hydrogen (secondary N) is 1. The number of carbonyl (C=O) groups excluding carboxylic acids is 1. The van der Waals surface area contributed by atoms with Crippen LogP contribution in [0, 0.1) is 5.41 Å². The van der Waals surface area contributed by atoms with Crippen molar-refractivity contribution in [1.29, 1.82) is 0 Å². The fourth-order valence-corrected chi connectivity index (χ4v) is 0.426. The van der Waals surface area contributed by atoms with Crippen LogP contribution >= 0.6 is 0 Å². The Kier molecular flexibility index (Phi) is 16.1. The molecule has 0 aliphatic carbocycles. The van der Waals surface area contributed by atoms with E-state index in [1.807, 2.05) is 55.4 Å². The Hall–Kier alpha value is -0.530. The third-order valence-corrected chi connectivity index (χ3v) is 1.02. The fourth-order valence-electron chi connectivity index (χ4n) is 0.426. The Balaban J connectivity index is -0.000000218. The maximum Gasteiger partial charge on any atom is 0.225 e. The molecule has 0 atom stereocenters. The lowest BCUT2D eigenvalue weighted by Gasteiger charge is -2.16. The molecule has 0 spiro atoms. The molecule has 0 bridgehead atoms. The maximum atomic E-state index is 11.0. The minimum absolute atomic E-state index is 0.116. The first kappa shape index (κ1) is 18.3. The van der Waals surface area contributed by atoms with Crippen LogP contribution in [0.2, 0.25) is 0 Å². The van der Waals surface area contributed by atoms with E-state index >= 15 is 0 Å². The Morgan fingerprint density at radius 2 is 1.38 bits per heavy atom. The minimum Gasteiger partial charge on any atom is -0.356 e. The van der Waals surface area contributed by atoms with Crippen LogP contribution in [0.1, 0.15) is 55.4 Å². The van der Waals surface area contributed by atoms with Crippen LogP contribution in [0.15, 0.2) is 0 Å². The zero-order valence-corrected chi connectivity index (χ0v) is 10.6. The van der Waals surface area contributed by atoms with Crippen molar-refractivity contribution in [3.8, 4) is 0 Å². The Bertz CT molecular complexity index is 103. The van der Waals surface area contributed by atoms with Crippen molar-refractivity contribution in [2.75, 3.05) is 6.54 Å². The molecule has 0 saturated carbocycles. The fraction of sp³-hybridized carbons (Fsp3) is 0.909. The zero-order chi connectivity index (χ0) is 11.5. The molecule has 0 aromatic heterocycles. The molecule has 0 heterocycles. The Labute approximate surface area is 84.1 Å². The lowest BCUT2D eigenvalue weighted by Crippen LogP contribution is -2.34. The van der Waals surface area contributed by atoms with Gasteiger partial charge in [-0.1, -0.05) is 48.5 Å². The van der Waals surface area contributed by atoms with Crippen LogP contribution < -0.4 is 5.32 Å². The zero-order valence-electron chi connectivity index (χ0n) is 10.6. The molecule has 0 radical (unpaired) electrons. The molecule has 1 amide bonds. The van der Waals surface area contributed by atoms with Gasteiger partial charge in [0.1, 0.15) is 0 Å². The van der Waals surface area contributed by atoms with E-state index in [4.69, 9.17) is 0 Å². The number of amides is 1. The molecule has 0 aromatic rings. The predicted molar refractivity (Wildman–Crippen MR) is 60.8 cm³/mol. The third-order valence-electron chi connectivity index (χ3n) is 1.02. The SMILES string of the molecule is CC.CC.CCNC(=O)C(C)(C)C. The summed E-state index contributed by atoms with van der Waals surface area (Å²) in [7, 11) is 0. The number of hydrogen-bond acceptors (Lipinski definition) is 1. The molecule has 0 unspecified atom stereocenters. The van der Waals surface area contributed by atoms with Gasteiger partial charge >= 0.3 is 0 Å². The average Bonchev–Trinajstić information content (AvgIpc) is 2.10. The van der Waals surface area contributed by atoms with Gasteiger partial charge in [-0.2, -0.15) is 0 Å². The van der Waals surface area contributed by atoms with Crippen molar-refractivity contribution in [1.82, 2.24) is 5.32 Å². The van der Waals surface area contributed by atoms with Gasteiger partial charge in [-0.15, -0.1) is 0 Å². The standard InChI is InChI=1S/C7H15NO.2C2H6/c1-5-8-6(9)7(2,3)4;2*1-2/h5H2,1-4H3,(H,8,9);2*1-2H3. The van der Waals surface area contributed by atoms with Gasteiger partial charge in [-0.05, 0) is 6.92 Å². The molecular weight excluding hydrogens is 162 g/mol. The summed E-state index contributed by atoms with van der Waals surface area (Å²) in [5, 5.41) is 2.75. The second kappa shape index (κ2) is 11.5. The van der Waals surface area contributed by atoms with Crippen LogP contribution in [0.5, 0.6) is 0 Å². The highest BCUT2D eigenvalue weighted by molar-refractivity contribution is 5.81. The van der Waals surface area contributed by atoms with E-state index < -0.39 is 0 Å². The lowest BCUT2D eigenvalue weighted by molar-refractivity contribution is -0.128. The lowest BCUT2D eigenvalue weighted by atomic mass is 9.96. The Morgan fingerprint density at radius 3 is 1.46 bits per heavy atom. The van der Waals surface area contributed by atoms with E-state index in [9.17, 15) is 4.79 Å². The quantitative estimate of drug-likeness (QED) is 0.674. The molecule has 0 rings (SSSR count). The summed E-state index contributed by atoms with van der Waals surface area (Å²) in [5.41, 5.74) is -0.240. The van der Waals surface area contributed by atoms with Gasteiger partial charge in [0.25, 0.3) is 0 Å². The van der Waals surface area contributed by atoms with E-state index in [1.54, 1.807) is 0 Å². The van der Waals surface area contributed by atoms with Crippen LogP contribution in [-0.2, 0) is 4.79 Å². The first-order valence-electron chi connectivity index (χ1n) is 5.26. The van der Waals surface area contributed by atoms with E-state index in [0.29, 0.717) is 0 Å². The highest BCUT2D eigenvalue weighted by Gasteiger charge is 2.19. The average molecular weight is 189 g/mol. The molecular formula is C11H27NO. The minimum atomic E-state index is -0.240. The van der Waals surface area contributed by atoms with Crippen molar-refractivity contribution < 1.29 is 4.79 Å². The van der Waals surface area contributed by atoms with Gasteiger partial charge in [0.2, 0.25) is 5.91 Å². The first-order valence-corrected chi connectivity index (χ1v) is 5.26. The highest BCUT2D eigenvalue weighted by Crippen LogP contribution is 2.11. The summed E-state index contributed by atoms with van der Waals surface area (Å²) in [5.74, 6) is 0.116. The summed E-state index contributed by atoms with van der Waals surface area (Å²) in [6.45, 7) is 16.3. The largest absolute Gasteiger partial charge is 0.356 e. The summed E-state index contributed by atoms with van der Waals surface area (Å²) in [6.07, 6.45) is 0. The maximum absolute atomic E-state index is 11.0. The van der Waals surface area contributed by atoms with E-state index in [-0.39, 0.29) is 11.3 Å². The van der Waals surface area contributed by atoms with Crippen molar-refractivity contribution in [2.45, 2.75) is 55.4 Å². The van der Waals surface area contributed by atoms with Gasteiger partial charge < -0.3 is 5.32 Å². The van der Waals surface area contributed by atoms with Crippen LogP contribution in [-0.4, -0.2) is 12.5 Å². The van der Waals surface area contributed by atoms with E-state index in [0.717, 1.165) is 6.54 Å². The number of hydrogen-bond donors (Lipinski definition) is 1. The molecule has 2 nitrogen and oxygen atoms in total. The van der Waals surface area contributed by atoms with Crippen LogP contribution in [0.3, 0.4) is 0 Å². The van der Waals surface area contributed by atoms with Crippen LogP contribution in [0.25, 0.3) is 0 Å². The van der Waals surface area contributed by atoms with E-state index in [1.165, 1.54) is 0 Å². The predicted octanol–water partition coefficient (Wildman–Crippen LogP) is 3.22. The van der Waals surface area contributed by atoms with E-state index in [2.05, 4.69) is 5.32 Å².